The number of benzene rings is 1. The minimum atomic E-state index is -0.450. The Morgan fingerprint density at radius 3 is 2.88 bits per heavy atom. The normalized spacial score (nSPS) is 20.4. The Morgan fingerprint density at radius 1 is 1.41 bits per heavy atom. The van der Waals surface area contributed by atoms with Gasteiger partial charge in [-0.15, -0.1) is 11.8 Å². The molecule has 1 aromatic carbocycles. The maximum Gasteiger partial charge on any atom is 0.249 e. The minimum Gasteiger partial charge on any atom is -0.343 e. The lowest BCUT2D eigenvalue weighted by molar-refractivity contribution is -0.130. The lowest BCUT2D eigenvalue weighted by atomic mass is 10.2. The van der Waals surface area contributed by atoms with Gasteiger partial charge in [0.25, 0.3) is 0 Å². The summed E-state index contributed by atoms with van der Waals surface area (Å²) in [4.78, 5) is 26.0. The van der Waals surface area contributed by atoms with Gasteiger partial charge < -0.3 is 10.2 Å². The summed E-state index contributed by atoms with van der Waals surface area (Å²) in [5, 5.41) is 2.62. The zero-order valence-corrected chi connectivity index (χ0v) is 10.6. The summed E-state index contributed by atoms with van der Waals surface area (Å²) in [6.07, 6.45) is 1.98. The maximum atomic E-state index is 12.0. The molecule has 2 rings (SSSR count). The predicted octanol–water partition coefficient (Wildman–Crippen LogP) is 1.26. The van der Waals surface area contributed by atoms with Crippen LogP contribution in [0.25, 0.3) is 0 Å². The molecule has 1 aliphatic heterocycles. The van der Waals surface area contributed by atoms with Crippen LogP contribution >= 0.6 is 11.8 Å². The molecule has 0 aliphatic carbocycles. The van der Waals surface area contributed by atoms with Crippen LogP contribution in [0.2, 0.25) is 0 Å². The monoisotopic (exact) mass is 250 g/mol. The average Bonchev–Trinajstić information content (AvgIpc) is 2.34. The number of nitrogens with one attached hydrogen (secondary N) is 1. The van der Waals surface area contributed by atoms with Crippen molar-refractivity contribution in [3.8, 4) is 0 Å². The molecule has 17 heavy (non-hydrogen) atoms. The first-order valence-electron chi connectivity index (χ1n) is 5.36. The highest BCUT2D eigenvalue weighted by Gasteiger charge is 2.30. The van der Waals surface area contributed by atoms with Crippen LogP contribution in [0.4, 0.5) is 5.69 Å². The van der Waals surface area contributed by atoms with Gasteiger partial charge in [0.2, 0.25) is 11.8 Å². The number of anilines is 1. The second-order valence-electron chi connectivity index (χ2n) is 3.92. The molecule has 1 N–H and O–H groups in total. The molecule has 4 nitrogen and oxygen atoms in total. The van der Waals surface area contributed by atoms with Gasteiger partial charge in [0.15, 0.2) is 0 Å². The lowest BCUT2D eigenvalue weighted by Crippen LogP contribution is -2.57. The van der Waals surface area contributed by atoms with Crippen molar-refractivity contribution in [3.63, 3.8) is 0 Å². The number of piperazine rings is 1. The standard InChI is InChI=1S/C12H14N2O2S/c1-8-12(16)14(7-11(15)13-8)9-4-3-5-10(6-9)17-2/h3-6,8H,7H2,1-2H3,(H,13,15). The lowest BCUT2D eigenvalue weighted by Gasteiger charge is -2.30. The van der Waals surface area contributed by atoms with Crippen LogP contribution in [0.15, 0.2) is 29.2 Å². The summed E-state index contributed by atoms with van der Waals surface area (Å²) in [7, 11) is 0. The maximum absolute atomic E-state index is 12.0. The van der Waals surface area contributed by atoms with E-state index in [1.54, 1.807) is 18.7 Å². The molecule has 90 valence electrons. The fourth-order valence-corrected chi connectivity index (χ4v) is 2.25. The largest absolute Gasteiger partial charge is 0.343 e. The molecular formula is C12H14N2O2S. The van der Waals surface area contributed by atoms with Gasteiger partial charge in [0.05, 0.1) is 0 Å². The third-order valence-corrected chi connectivity index (χ3v) is 3.41. The Morgan fingerprint density at radius 2 is 2.18 bits per heavy atom. The number of hydrogen-bond acceptors (Lipinski definition) is 3. The summed E-state index contributed by atoms with van der Waals surface area (Å²) in [6.45, 7) is 1.80. The molecule has 0 saturated carbocycles. The molecule has 2 amide bonds. The fourth-order valence-electron chi connectivity index (χ4n) is 1.80. The van der Waals surface area contributed by atoms with Gasteiger partial charge in [-0.25, -0.2) is 0 Å². The summed E-state index contributed by atoms with van der Waals surface area (Å²) < 4.78 is 0. The Bertz CT molecular complexity index is 462. The van der Waals surface area contributed by atoms with Crippen molar-refractivity contribution in [2.75, 3.05) is 17.7 Å². The van der Waals surface area contributed by atoms with Crippen LogP contribution in [0.1, 0.15) is 6.92 Å². The first-order valence-corrected chi connectivity index (χ1v) is 6.59. The van der Waals surface area contributed by atoms with Crippen molar-refractivity contribution in [1.29, 1.82) is 0 Å². The van der Waals surface area contributed by atoms with Gasteiger partial charge in [0, 0.05) is 10.6 Å². The predicted molar refractivity (Wildman–Crippen MR) is 68.2 cm³/mol. The van der Waals surface area contributed by atoms with E-state index in [1.165, 1.54) is 4.90 Å². The van der Waals surface area contributed by atoms with Gasteiger partial charge in [-0.2, -0.15) is 0 Å². The molecule has 1 atom stereocenters. The molecule has 1 saturated heterocycles. The van der Waals surface area contributed by atoms with Crippen molar-refractivity contribution >= 4 is 29.3 Å². The van der Waals surface area contributed by atoms with Crippen LogP contribution in [-0.2, 0) is 9.59 Å². The molecule has 0 bridgehead atoms. The smallest absolute Gasteiger partial charge is 0.249 e. The van der Waals surface area contributed by atoms with Crippen molar-refractivity contribution in [1.82, 2.24) is 5.32 Å². The molecule has 1 fully saturated rings. The minimum absolute atomic E-state index is 0.0668. The van der Waals surface area contributed by atoms with E-state index in [2.05, 4.69) is 5.32 Å². The van der Waals surface area contributed by atoms with Gasteiger partial charge in [-0.3, -0.25) is 9.59 Å². The van der Waals surface area contributed by atoms with Crippen molar-refractivity contribution < 1.29 is 9.59 Å². The quantitative estimate of drug-likeness (QED) is 0.804. The second-order valence-corrected chi connectivity index (χ2v) is 4.79. The summed E-state index contributed by atoms with van der Waals surface area (Å²) in [6, 6.07) is 7.20. The zero-order chi connectivity index (χ0) is 12.4. The van der Waals surface area contributed by atoms with E-state index in [1.807, 2.05) is 30.5 Å². The topological polar surface area (TPSA) is 49.4 Å². The molecular weight excluding hydrogens is 236 g/mol. The van der Waals surface area contributed by atoms with E-state index in [4.69, 9.17) is 0 Å². The molecule has 0 radical (unpaired) electrons. The summed E-state index contributed by atoms with van der Waals surface area (Å²) in [5.41, 5.74) is 0.781. The molecule has 1 aromatic rings. The van der Waals surface area contributed by atoms with Crippen LogP contribution in [0, 0.1) is 0 Å². The first kappa shape index (κ1) is 12.0. The molecule has 1 unspecified atom stereocenters. The number of amides is 2. The Kier molecular flexibility index (Phi) is 3.38. The van der Waals surface area contributed by atoms with Gasteiger partial charge in [-0.1, -0.05) is 6.07 Å². The van der Waals surface area contributed by atoms with Crippen molar-refractivity contribution in [2.45, 2.75) is 17.9 Å². The van der Waals surface area contributed by atoms with E-state index >= 15 is 0 Å². The zero-order valence-electron chi connectivity index (χ0n) is 9.77. The van der Waals surface area contributed by atoms with Crippen LogP contribution in [-0.4, -0.2) is 30.7 Å². The van der Waals surface area contributed by atoms with Crippen LogP contribution < -0.4 is 10.2 Å². The third-order valence-electron chi connectivity index (χ3n) is 2.68. The number of thioether (sulfide) groups is 1. The molecule has 5 heteroatoms. The summed E-state index contributed by atoms with van der Waals surface area (Å²) in [5.74, 6) is -0.186. The second kappa shape index (κ2) is 4.79. The molecule has 0 spiro atoms. The van der Waals surface area contributed by atoms with Crippen molar-refractivity contribution in [3.05, 3.63) is 24.3 Å². The van der Waals surface area contributed by atoms with Crippen LogP contribution in [0.5, 0.6) is 0 Å². The average molecular weight is 250 g/mol. The van der Waals surface area contributed by atoms with E-state index in [9.17, 15) is 9.59 Å². The number of carbonyl (C=O) groups is 2. The molecule has 0 aromatic heterocycles. The number of nitrogens with zero attached hydrogens (tertiary/aromatic N) is 1. The van der Waals surface area contributed by atoms with E-state index < -0.39 is 6.04 Å². The van der Waals surface area contributed by atoms with Gasteiger partial charge in [-0.05, 0) is 31.4 Å². The molecule has 1 heterocycles. The summed E-state index contributed by atoms with van der Waals surface area (Å²) >= 11 is 1.61. The Labute approximate surface area is 104 Å². The van der Waals surface area contributed by atoms with Gasteiger partial charge in [0.1, 0.15) is 12.6 Å². The third kappa shape index (κ3) is 2.44. The fraction of sp³-hybridized carbons (Fsp3) is 0.333. The SMILES string of the molecule is CSc1cccc(N2CC(=O)NC(C)C2=O)c1. The van der Waals surface area contributed by atoms with Gasteiger partial charge >= 0.3 is 0 Å². The van der Waals surface area contributed by atoms with Crippen molar-refractivity contribution in [2.24, 2.45) is 0 Å². The highest BCUT2D eigenvalue weighted by atomic mass is 32.2. The van der Waals surface area contributed by atoms with Crippen LogP contribution in [0.3, 0.4) is 0 Å². The number of hydrogen-bond donors (Lipinski definition) is 1. The van der Waals surface area contributed by atoms with E-state index in [0.717, 1.165) is 10.6 Å². The highest BCUT2D eigenvalue weighted by molar-refractivity contribution is 7.98. The Balaban J connectivity index is 2.31. The highest BCUT2D eigenvalue weighted by Crippen LogP contribution is 2.23. The number of rotatable bonds is 2. The Hall–Kier alpha value is -1.49. The van der Waals surface area contributed by atoms with E-state index in [0.29, 0.717) is 0 Å². The molecule has 1 aliphatic rings. The first-order chi connectivity index (χ1) is 8.11. The number of carbonyl (C=O) groups excluding carboxylic acids is 2. The van der Waals surface area contributed by atoms with E-state index in [-0.39, 0.29) is 18.4 Å².